The summed E-state index contributed by atoms with van der Waals surface area (Å²) in [6.45, 7) is 1.80. The van der Waals surface area contributed by atoms with Gasteiger partial charge in [0, 0.05) is 35.2 Å². The van der Waals surface area contributed by atoms with E-state index in [1.807, 2.05) is 23.6 Å². The van der Waals surface area contributed by atoms with Crippen LogP contribution in [0.25, 0.3) is 11.5 Å². The summed E-state index contributed by atoms with van der Waals surface area (Å²) in [4.78, 5) is 37.2. The van der Waals surface area contributed by atoms with E-state index >= 15 is 0 Å². The molecule has 0 saturated heterocycles. The first-order valence-corrected chi connectivity index (χ1v) is 9.56. The lowest BCUT2D eigenvalue weighted by Crippen LogP contribution is -2.18. The zero-order chi connectivity index (χ0) is 18.4. The molecule has 0 aliphatic heterocycles. The Hall–Kier alpha value is -2.60. The smallest absolute Gasteiger partial charge is 0.254 e. The summed E-state index contributed by atoms with van der Waals surface area (Å²) in [5.74, 6) is 0.647. The van der Waals surface area contributed by atoms with Crippen molar-refractivity contribution < 1.29 is 4.79 Å². The highest BCUT2D eigenvalue weighted by molar-refractivity contribution is 7.09. The predicted octanol–water partition coefficient (Wildman–Crippen LogP) is 3.73. The molecule has 0 fully saturated rings. The van der Waals surface area contributed by atoms with Gasteiger partial charge in [-0.15, -0.1) is 11.3 Å². The highest BCUT2D eigenvalue weighted by Gasteiger charge is 2.12. The van der Waals surface area contributed by atoms with Gasteiger partial charge in [-0.3, -0.25) is 14.6 Å². The Morgan fingerprint density at radius 1 is 1.15 bits per heavy atom. The van der Waals surface area contributed by atoms with Crippen molar-refractivity contribution in [1.29, 1.82) is 0 Å². The number of thiophene rings is 1. The largest absolute Gasteiger partial charge is 0.305 e. The maximum Gasteiger partial charge on any atom is 0.254 e. The minimum absolute atomic E-state index is 0.189. The molecule has 1 N–H and O–H groups in total. The standard InChI is InChI=1S/C20H21N3O2S/c1-14-17(11-10-15(24)6-4-7-16-8-5-13-26-16)20(25)23-19(22-14)18-9-2-3-12-21-18/h2-3,5,8-9,12-13H,4,6-7,10-11H2,1H3,(H,22,23,25). The van der Waals surface area contributed by atoms with Gasteiger partial charge in [-0.25, -0.2) is 4.98 Å². The molecule has 3 heterocycles. The van der Waals surface area contributed by atoms with E-state index in [0.29, 0.717) is 42.0 Å². The minimum Gasteiger partial charge on any atom is -0.305 e. The average Bonchev–Trinajstić information content (AvgIpc) is 3.15. The Labute approximate surface area is 156 Å². The summed E-state index contributed by atoms with van der Waals surface area (Å²) in [5, 5.41) is 2.05. The molecule has 5 nitrogen and oxygen atoms in total. The molecule has 3 rings (SSSR count). The second-order valence-corrected chi connectivity index (χ2v) is 7.20. The zero-order valence-corrected chi connectivity index (χ0v) is 15.5. The molecule has 0 amide bonds. The normalized spacial score (nSPS) is 10.8. The molecular formula is C20H21N3O2S. The number of ketones is 1. The summed E-state index contributed by atoms with van der Waals surface area (Å²) in [7, 11) is 0. The molecule has 0 spiro atoms. The number of rotatable bonds is 8. The second-order valence-electron chi connectivity index (χ2n) is 6.17. The van der Waals surface area contributed by atoms with Crippen LogP contribution in [-0.4, -0.2) is 20.7 Å². The highest BCUT2D eigenvalue weighted by Crippen LogP contribution is 2.14. The second kappa shape index (κ2) is 8.67. The Morgan fingerprint density at radius 3 is 2.73 bits per heavy atom. The summed E-state index contributed by atoms with van der Waals surface area (Å²) < 4.78 is 0. The Balaban J connectivity index is 1.57. The number of aromatic amines is 1. The number of hydrogen-bond acceptors (Lipinski definition) is 5. The van der Waals surface area contributed by atoms with Crippen molar-refractivity contribution in [3.63, 3.8) is 0 Å². The van der Waals surface area contributed by atoms with Crippen LogP contribution in [0.1, 0.15) is 35.4 Å². The lowest BCUT2D eigenvalue weighted by Gasteiger charge is -2.07. The fraction of sp³-hybridized carbons (Fsp3) is 0.300. The van der Waals surface area contributed by atoms with Gasteiger partial charge in [0.25, 0.3) is 5.56 Å². The molecule has 0 unspecified atom stereocenters. The van der Waals surface area contributed by atoms with E-state index in [-0.39, 0.29) is 11.3 Å². The number of Topliss-reactive ketones (excluding diaryl/α,β-unsaturated/α-hetero) is 1. The van der Waals surface area contributed by atoms with Crippen molar-refractivity contribution in [3.8, 4) is 11.5 Å². The van der Waals surface area contributed by atoms with E-state index < -0.39 is 0 Å². The first kappa shape index (κ1) is 18.2. The van der Waals surface area contributed by atoms with Gasteiger partial charge in [-0.1, -0.05) is 12.1 Å². The summed E-state index contributed by atoms with van der Waals surface area (Å²) >= 11 is 1.72. The molecule has 0 radical (unpaired) electrons. The number of carbonyl (C=O) groups is 1. The number of H-pyrrole nitrogens is 1. The molecule has 26 heavy (non-hydrogen) atoms. The zero-order valence-electron chi connectivity index (χ0n) is 14.7. The third kappa shape index (κ3) is 4.73. The van der Waals surface area contributed by atoms with E-state index in [2.05, 4.69) is 21.0 Å². The molecule has 0 aliphatic rings. The van der Waals surface area contributed by atoms with Gasteiger partial charge in [0.1, 0.15) is 11.5 Å². The summed E-state index contributed by atoms with van der Waals surface area (Å²) in [5.41, 5.74) is 1.67. The maximum absolute atomic E-state index is 12.4. The predicted molar refractivity (Wildman–Crippen MR) is 103 cm³/mol. The van der Waals surface area contributed by atoms with Crippen LogP contribution in [0.5, 0.6) is 0 Å². The van der Waals surface area contributed by atoms with Crippen molar-refractivity contribution in [3.05, 3.63) is 68.4 Å². The van der Waals surface area contributed by atoms with Gasteiger partial charge in [-0.2, -0.15) is 0 Å². The molecule has 6 heteroatoms. The van der Waals surface area contributed by atoms with Crippen molar-refractivity contribution in [2.75, 3.05) is 0 Å². The highest BCUT2D eigenvalue weighted by atomic mass is 32.1. The van der Waals surface area contributed by atoms with Crippen molar-refractivity contribution in [2.45, 2.75) is 39.0 Å². The van der Waals surface area contributed by atoms with Gasteiger partial charge < -0.3 is 4.98 Å². The molecule has 0 aliphatic carbocycles. The van der Waals surface area contributed by atoms with Crippen LogP contribution >= 0.6 is 11.3 Å². The first-order valence-electron chi connectivity index (χ1n) is 8.69. The number of aryl methyl sites for hydroxylation is 2. The van der Waals surface area contributed by atoms with Crippen molar-refractivity contribution in [1.82, 2.24) is 15.0 Å². The fourth-order valence-corrected chi connectivity index (χ4v) is 3.58. The summed E-state index contributed by atoms with van der Waals surface area (Å²) in [6, 6.07) is 9.58. The number of nitrogens with one attached hydrogen (secondary N) is 1. The molecule has 0 bridgehead atoms. The quantitative estimate of drug-likeness (QED) is 0.658. The van der Waals surface area contributed by atoms with Gasteiger partial charge >= 0.3 is 0 Å². The average molecular weight is 367 g/mol. The van der Waals surface area contributed by atoms with Crippen LogP contribution in [-0.2, 0) is 17.6 Å². The summed E-state index contributed by atoms with van der Waals surface area (Å²) in [6.07, 6.45) is 4.80. The maximum atomic E-state index is 12.4. The lowest BCUT2D eigenvalue weighted by molar-refractivity contribution is -0.119. The molecule has 0 atom stereocenters. The Morgan fingerprint density at radius 2 is 2.04 bits per heavy atom. The molecule has 0 saturated carbocycles. The van der Waals surface area contributed by atoms with E-state index in [9.17, 15) is 9.59 Å². The molecule has 0 aromatic carbocycles. The van der Waals surface area contributed by atoms with Crippen LogP contribution in [0.3, 0.4) is 0 Å². The van der Waals surface area contributed by atoms with E-state index in [1.54, 1.807) is 30.5 Å². The number of carbonyl (C=O) groups excluding carboxylic acids is 1. The van der Waals surface area contributed by atoms with Crippen LogP contribution in [0.2, 0.25) is 0 Å². The first-order chi connectivity index (χ1) is 12.6. The van der Waals surface area contributed by atoms with Gasteiger partial charge in [0.05, 0.1) is 0 Å². The van der Waals surface area contributed by atoms with Gasteiger partial charge in [-0.05, 0) is 49.8 Å². The third-order valence-electron chi connectivity index (χ3n) is 4.24. The molecular weight excluding hydrogens is 346 g/mol. The van der Waals surface area contributed by atoms with Crippen LogP contribution in [0.15, 0.2) is 46.7 Å². The van der Waals surface area contributed by atoms with E-state index in [1.165, 1.54) is 4.88 Å². The van der Waals surface area contributed by atoms with E-state index in [4.69, 9.17) is 0 Å². The van der Waals surface area contributed by atoms with Crippen molar-refractivity contribution >= 4 is 17.1 Å². The topological polar surface area (TPSA) is 75.7 Å². The van der Waals surface area contributed by atoms with Crippen LogP contribution < -0.4 is 5.56 Å². The van der Waals surface area contributed by atoms with Crippen LogP contribution in [0, 0.1) is 6.92 Å². The Bertz CT molecular complexity index is 918. The minimum atomic E-state index is -0.190. The van der Waals surface area contributed by atoms with Gasteiger partial charge in [0.2, 0.25) is 0 Å². The number of pyridine rings is 1. The van der Waals surface area contributed by atoms with Gasteiger partial charge in [0.15, 0.2) is 5.82 Å². The van der Waals surface area contributed by atoms with E-state index in [0.717, 1.165) is 12.8 Å². The SMILES string of the molecule is Cc1nc(-c2ccccn2)[nH]c(=O)c1CCC(=O)CCCc1cccs1. The van der Waals surface area contributed by atoms with Crippen LogP contribution in [0.4, 0.5) is 0 Å². The monoisotopic (exact) mass is 367 g/mol. The fourth-order valence-electron chi connectivity index (χ4n) is 2.83. The third-order valence-corrected chi connectivity index (χ3v) is 5.18. The Kier molecular flexibility index (Phi) is 6.07. The number of nitrogens with zero attached hydrogens (tertiary/aromatic N) is 2. The molecule has 3 aromatic rings. The van der Waals surface area contributed by atoms with Crippen molar-refractivity contribution in [2.24, 2.45) is 0 Å². The number of hydrogen-bond donors (Lipinski definition) is 1. The lowest BCUT2D eigenvalue weighted by atomic mass is 10.0. The molecule has 3 aromatic heterocycles. The molecule has 134 valence electrons. The number of aromatic nitrogens is 3.